The molecule has 8 aromatic rings. The van der Waals surface area contributed by atoms with E-state index in [1.807, 2.05) is 24.3 Å². The van der Waals surface area contributed by atoms with Crippen molar-refractivity contribution in [3.63, 3.8) is 0 Å². The van der Waals surface area contributed by atoms with Gasteiger partial charge in [0.05, 0.1) is 56.7 Å². The number of rotatable bonds is 3. The summed E-state index contributed by atoms with van der Waals surface area (Å²) in [7, 11) is 0. The molecule has 0 saturated heterocycles. The summed E-state index contributed by atoms with van der Waals surface area (Å²) in [5.74, 6) is 0. The average molecular weight is 759 g/mol. The van der Waals surface area contributed by atoms with Crippen LogP contribution >= 0.6 is 0 Å². The topological polar surface area (TPSA) is 57.4 Å². The fourth-order valence-electron chi connectivity index (χ4n) is 8.44. The lowest BCUT2D eigenvalue weighted by Crippen LogP contribution is -2.12. The number of fused-ring (bicyclic) bond motifs is 6. The summed E-state index contributed by atoms with van der Waals surface area (Å²) in [6.07, 6.45) is 0. The van der Waals surface area contributed by atoms with E-state index in [9.17, 15) is 10.5 Å². The first kappa shape index (κ1) is 38.8. The third-order valence-corrected chi connectivity index (χ3v) is 12.0. The minimum absolute atomic E-state index is 0.0814. The molecule has 2 heterocycles. The lowest BCUT2D eigenvalue weighted by Gasteiger charge is -2.23. The van der Waals surface area contributed by atoms with E-state index in [-0.39, 0.29) is 21.7 Å². The Kier molecular flexibility index (Phi) is 8.84. The summed E-state index contributed by atoms with van der Waals surface area (Å²) in [6.45, 7) is 27.2. The van der Waals surface area contributed by atoms with E-state index in [0.29, 0.717) is 11.1 Å². The Morgan fingerprint density at radius 1 is 0.397 bits per heavy atom. The van der Waals surface area contributed by atoms with Gasteiger partial charge in [-0.1, -0.05) is 144 Å². The second-order valence-electron chi connectivity index (χ2n) is 20.3. The van der Waals surface area contributed by atoms with Crippen LogP contribution in [0.3, 0.4) is 0 Å². The number of aromatic nitrogens is 2. The maximum Gasteiger partial charge on any atom is 0.0998 e. The molecule has 0 fully saturated rings. The van der Waals surface area contributed by atoms with Crippen molar-refractivity contribution in [2.75, 3.05) is 0 Å². The Labute approximate surface area is 344 Å². The van der Waals surface area contributed by atoms with Crippen molar-refractivity contribution in [2.45, 2.75) is 105 Å². The van der Waals surface area contributed by atoms with Crippen LogP contribution in [0, 0.1) is 22.7 Å². The highest BCUT2D eigenvalue weighted by molar-refractivity contribution is 6.12. The normalized spacial score (nSPS) is 12.8. The van der Waals surface area contributed by atoms with E-state index < -0.39 is 0 Å². The van der Waals surface area contributed by atoms with E-state index in [4.69, 9.17) is 0 Å². The Morgan fingerprint density at radius 3 is 1.09 bits per heavy atom. The van der Waals surface area contributed by atoms with Gasteiger partial charge in [-0.15, -0.1) is 0 Å². The predicted molar refractivity (Wildman–Crippen MR) is 245 cm³/mol. The Balaban J connectivity index is 1.64. The van der Waals surface area contributed by atoms with Gasteiger partial charge in [-0.25, -0.2) is 0 Å². The largest absolute Gasteiger partial charge is 0.307 e. The lowest BCUT2D eigenvalue weighted by atomic mass is 9.86. The summed E-state index contributed by atoms with van der Waals surface area (Å²) in [6, 6.07) is 44.5. The molecule has 4 nitrogen and oxygen atoms in total. The molecule has 8 rings (SSSR count). The third kappa shape index (κ3) is 6.46. The number of nitriles is 2. The molecule has 290 valence electrons. The molecule has 0 aliphatic carbocycles. The van der Waals surface area contributed by atoms with Gasteiger partial charge in [0.1, 0.15) is 0 Å². The lowest BCUT2D eigenvalue weighted by molar-refractivity contribution is 0.590. The fourth-order valence-corrected chi connectivity index (χ4v) is 8.44. The minimum Gasteiger partial charge on any atom is -0.307 e. The molecule has 0 bridgehead atoms. The van der Waals surface area contributed by atoms with E-state index in [0.717, 1.165) is 44.6 Å². The molecule has 6 aromatic carbocycles. The molecule has 0 unspecified atom stereocenters. The van der Waals surface area contributed by atoms with E-state index in [1.165, 1.54) is 43.8 Å². The van der Waals surface area contributed by atoms with Gasteiger partial charge in [0.2, 0.25) is 0 Å². The Bertz CT molecular complexity index is 2910. The van der Waals surface area contributed by atoms with Crippen LogP contribution in [0.2, 0.25) is 0 Å². The molecule has 0 aliphatic heterocycles. The highest BCUT2D eigenvalue weighted by Gasteiger charge is 2.27. The molecule has 2 aromatic heterocycles. The smallest absolute Gasteiger partial charge is 0.0998 e. The van der Waals surface area contributed by atoms with Crippen molar-refractivity contribution < 1.29 is 0 Å². The molecular formula is C54H54N4. The van der Waals surface area contributed by atoms with Gasteiger partial charge in [0.15, 0.2) is 0 Å². The monoisotopic (exact) mass is 758 g/mol. The summed E-state index contributed by atoms with van der Waals surface area (Å²) in [5, 5.41) is 25.7. The van der Waals surface area contributed by atoms with E-state index in [2.05, 4.69) is 189 Å². The fraction of sp³-hybridized carbons (Fsp3) is 0.296. The van der Waals surface area contributed by atoms with Crippen LogP contribution in [-0.2, 0) is 21.7 Å². The summed E-state index contributed by atoms with van der Waals surface area (Å²) >= 11 is 0. The van der Waals surface area contributed by atoms with Gasteiger partial charge in [-0.3, -0.25) is 0 Å². The molecule has 0 atom stereocenters. The second-order valence-corrected chi connectivity index (χ2v) is 20.3. The van der Waals surface area contributed by atoms with Crippen LogP contribution in [0.25, 0.3) is 66.1 Å². The maximum atomic E-state index is 11.0. The van der Waals surface area contributed by atoms with Gasteiger partial charge >= 0.3 is 0 Å². The van der Waals surface area contributed by atoms with Gasteiger partial charge in [0, 0.05) is 27.1 Å². The molecule has 58 heavy (non-hydrogen) atoms. The standard InChI is InChI=1S/C54H54N4/c1-51(2,3)36-16-20-40-41-21-17-37(52(4,5)6)27-46(41)57(45(40)26-36)49-25-35(32-56)44(34-15-13-14-33(24-34)31-55)30-50(49)58-47-28-38(53(7,8)9)18-22-42(47)43-23-19-39(29-48(43)58)54(10,11)12/h13-30H,1-12H3. The molecular weight excluding hydrogens is 705 g/mol. The van der Waals surface area contributed by atoms with Crippen molar-refractivity contribution >= 4 is 43.6 Å². The summed E-state index contributed by atoms with van der Waals surface area (Å²) in [4.78, 5) is 0. The van der Waals surface area contributed by atoms with Crippen LogP contribution in [0.1, 0.15) is 116 Å². The first-order valence-corrected chi connectivity index (χ1v) is 20.5. The zero-order valence-electron chi connectivity index (χ0n) is 36.2. The second kappa shape index (κ2) is 13.2. The molecule has 0 aliphatic rings. The quantitative estimate of drug-likeness (QED) is 0.180. The average Bonchev–Trinajstić information content (AvgIpc) is 3.67. The van der Waals surface area contributed by atoms with Crippen LogP contribution in [0.5, 0.6) is 0 Å². The number of hydrogen-bond donors (Lipinski definition) is 0. The van der Waals surface area contributed by atoms with Crippen molar-refractivity contribution in [1.29, 1.82) is 10.5 Å². The van der Waals surface area contributed by atoms with Gasteiger partial charge < -0.3 is 9.13 Å². The number of nitrogens with zero attached hydrogens (tertiary/aromatic N) is 4. The minimum atomic E-state index is -0.0815. The third-order valence-electron chi connectivity index (χ3n) is 12.0. The van der Waals surface area contributed by atoms with Crippen molar-refractivity contribution in [2.24, 2.45) is 0 Å². The van der Waals surface area contributed by atoms with E-state index in [1.54, 1.807) is 0 Å². The first-order valence-electron chi connectivity index (χ1n) is 20.5. The summed E-state index contributed by atoms with van der Waals surface area (Å²) in [5.41, 5.74) is 13.7. The highest BCUT2D eigenvalue weighted by atomic mass is 15.1. The van der Waals surface area contributed by atoms with Gasteiger partial charge in [-0.05, 0) is 98.0 Å². The van der Waals surface area contributed by atoms with Crippen molar-refractivity contribution in [1.82, 2.24) is 9.13 Å². The zero-order chi connectivity index (χ0) is 41.7. The highest BCUT2D eigenvalue weighted by Crippen LogP contribution is 2.44. The summed E-state index contributed by atoms with van der Waals surface area (Å²) < 4.78 is 4.86. The molecule has 0 spiro atoms. The number of benzene rings is 6. The molecule has 0 N–H and O–H groups in total. The van der Waals surface area contributed by atoms with Crippen molar-refractivity contribution in [3.05, 3.63) is 143 Å². The van der Waals surface area contributed by atoms with Crippen LogP contribution < -0.4 is 0 Å². The molecule has 0 saturated carbocycles. The van der Waals surface area contributed by atoms with Crippen molar-refractivity contribution in [3.8, 4) is 34.6 Å². The van der Waals surface area contributed by atoms with Crippen LogP contribution in [0.15, 0.2) is 109 Å². The SMILES string of the molecule is CC(C)(C)c1ccc2c3ccc(C(C)(C)C)cc3n(-c3cc(C#N)c(-c4cccc(C#N)c4)cc3-n3c4cc(C(C)(C)C)ccc4c4ccc(C(C)(C)C)cc43)c2c1. The van der Waals surface area contributed by atoms with Crippen LogP contribution in [0.4, 0.5) is 0 Å². The first-order chi connectivity index (χ1) is 27.2. The van der Waals surface area contributed by atoms with Crippen LogP contribution in [-0.4, -0.2) is 9.13 Å². The van der Waals surface area contributed by atoms with E-state index >= 15 is 0 Å². The Morgan fingerprint density at radius 2 is 0.759 bits per heavy atom. The molecule has 0 radical (unpaired) electrons. The maximum absolute atomic E-state index is 11.0. The number of hydrogen-bond acceptors (Lipinski definition) is 2. The molecule has 4 heteroatoms. The van der Waals surface area contributed by atoms with Gasteiger partial charge in [-0.2, -0.15) is 10.5 Å². The zero-order valence-corrected chi connectivity index (χ0v) is 36.2. The molecule has 0 amide bonds. The van der Waals surface area contributed by atoms with Gasteiger partial charge in [0.25, 0.3) is 0 Å². The predicted octanol–water partition coefficient (Wildman–Crippen LogP) is 14.5. The Hall–Kier alpha value is -6.10.